The van der Waals surface area contributed by atoms with E-state index in [-0.39, 0.29) is 0 Å². The zero-order valence-corrected chi connectivity index (χ0v) is 9.75. The zero-order valence-electron chi connectivity index (χ0n) is 9.75. The quantitative estimate of drug-likeness (QED) is 0.875. The van der Waals surface area contributed by atoms with Crippen molar-refractivity contribution in [2.75, 3.05) is 0 Å². The van der Waals surface area contributed by atoms with Crippen molar-refractivity contribution in [3.8, 4) is 0 Å². The lowest BCUT2D eigenvalue weighted by Crippen LogP contribution is -2.23. The van der Waals surface area contributed by atoms with Gasteiger partial charge in [-0.05, 0) is 12.5 Å². The number of aliphatic hydroxyl groups is 1. The Hall–Kier alpha value is -0.970. The predicted octanol–water partition coefficient (Wildman–Crippen LogP) is 2.04. The molecular formula is C13H17FO3. The summed E-state index contributed by atoms with van der Waals surface area (Å²) in [4.78, 5) is 0. The van der Waals surface area contributed by atoms with Crippen LogP contribution in [0.15, 0.2) is 30.3 Å². The average Bonchev–Trinajstić information content (AvgIpc) is 2.70. The maximum Gasteiger partial charge on any atom is 0.181 e. The molecule has 0 aliphatic carbocycles. The molecule has 2 rings (SSSR count). The molecule has 4 atom stereocenters. The first-order valence-corrected chi connectivity index (χ1v) is 5.80. The second-order valence-electron chi connectivity index (χ2n) is 4.31. The highest BCUT2D eigenvalue weighted by molar-refractivity contribution is 5.13. The van der Waals surface area contributed by atoms with Crippen molar-refractivity contribution in [2.24, 2.45) is 0 Å². The van der Waals surface area contributed by atoms with Gasteiger partial charge in [0, 0.05) is 6.42 Å². The number of alkyl halides is 1. The largest absolute Gasteiger partial charge is 0.368 e. The van der Waals surface area contributed by atoms with Gasteiger partial charge in [0.15, 0.2) is 6.29 Å². The monoisotopic (exact) mass is 240 g/mol. The molecule has 0 aromatic heterocycles. The molecule has 1 aromatic carbocycles. The van der Waals surface area contributed by atoms with Gasteiger partial charge in [0.25, 0.3) is 0 Å². The molecule has 0 unspecified atom stereocenters. The minimum atomic E-state index is -1.09. The van der Waals surface area contributed by atoms with E-state index < -0.39 is 24.7 Å². The Morgan fingerprint density at radius 2 is 2.18 bits per heavy atom. The van der Waals surface area contributed by atoms with Crippen LogP contribution in [0.3, 0.4) is 0 Å². The Balaban J connectivity index is 1.84. The second-order valence-corrected chi connectivity index (χ2v) is 4.31. The van der Waals surface area contributed by atoms with Crippen LogP contribution in [0.1, 0.15) is 18.9 Å². The van der Waals surface area contributed by atoms with Crippen LogP contribution in [0.25, 0.3) is 0 Å². The van der Waals surface area contributed by atoms with Crippen molar-refractivity contribution in [2.45, 2.75) is 44.6 Å². The Kier molecular flexibility index (Phi) is 4.10. The highest BCUT2D eigenvalue weighted by atomic mass is 19.1. The standard InChI is InChI=1S/C13H17FO3/c1-9(14)11-7-12(13(15)17-11)16-8-10-5-3-2-4-6-10/h2-6,9,11-13,15H,7-8H2,1H3/t9-,11+,12-,13-/m0/s1. The summed E-state index contributed by atoms with van der Waals surface area (Å²) in [7, 11) is 0. The third kappa shape index (κ3) is 3.25. The summed E-state index contributed by atoms with van der Waals surface area (Å²) >= 11 is 0. The number of benzene rings is 1. The number of ether oxygens (including phenoxy) is 2. The van der Waals surface area contributed by atoms with E-state index in [2.05, 4.69) is 0 Å². The molecule has 1 N–H and O–H groups in total. The highest BCUT2D eigenvalue weighted by Crippen LogP contribution is 2.25. The molecule has 0 spiro atoms. The summed E-state index contributed by atoms with van der Waals surface area (Å²) in [6, 6.07) is 9.66. The van der Waals surface area contributed by atoms with E-state index >= 15 is 0 Å². The van der Waals surface area contributed by atoms with Crippen molar-refractivity contribution in [1.29, 1.82) is 0 Å². The third-order valence-corrected chi connectivity index (χ3v) is 2.92. The van der Waals surface area contributed by atoms with Gasteiger partial charge in [0.1, 0.15) is 12.3 Å². The molecule has 4 heteroatoms. The summed E-state index contributed by atoms with van der Waals surface area (Å²) in [5.41, 5.74) is 1.02. The number of hydrogen-bond acceptors (Lipinski definition) is 3. The lowest BCUT2D eigenvalue weighted by molar-refractivity contribution is -0.151. The summed E-state index contributed by atoms with van der Waals surface area (Å²) in [6.07, 6.45) is -2.73. The SMILES string of the molecule is C[C@H](F)[C@H]1C[C@H](OCc2ccccc2)[C@@H](O)O1. The maximum atomic E-state index is 13.0. The molecule has 0 amide bonds. The second kappa shape index (κ2) is 5.58. The van der Waals surface area contributed by atoms with E-state index in [1.807, 2.05) is 30.3 Å². The van der Waals surface area contributed by atoms with Gasteiger partial charge in [0.05, 0.1) is 12.7 Å². The van der Waals surface area contributed by atoms with Gasteiger partial charge in [-0.25, -0.2) is 4.39 Å². The molecule has 94 valence electrons. The van der Waals surface area contributed by atoms with Gasteiger partial charge in [-0.15, -0.1) is 0 Å². The van der Waals surface area contributed by atoms with Crippen molar-refractivity contribution in [3.05, 3.63) is 35.9 Å². The van der Waals surface area contributed by atoms with Crippen LogP contribution in [0.4, 0.5) is 4.39 Å². The van der Waals surface area contributed by atoms with Crippen molar-refractivity contribution in [3.63, 3.8) is 0 Å². The summed E-state index contributed by atoms with van der Waals surface area (Å²) in [5.74, 6) is 0. The van der Waals surface area contributed by atoms with Crippen LogP contribution in [0, 0.1) is 0 Å². The maximum absolute atomic E-state index is 13.0. The van der Waals surface area contributed by atoms with E-state index in [9.17, 15) is 9.50 Å². The van der Waals surface area contributed by atoms with Crippen LogP contribution in [-0.2, 0) is 16.1 Å². The topological polar surface area (TPSA) is 38.7 Å². The van der Waals surface area contributed by atoms with Crippen molar-refractivity contribution < 1.29 is 19.0 Å². The Morgan fingerprint density at radius 3 is 2.76 bits per heavy atom. The van der Waals surface area contributed by atoms with Gasteiger partial charge < -0.3 is 14.6 Å². The molecule has 3 nitrogen and oxygen atoms in total. The molecule has 1 fully saturated rings. The molecule has 0 radical (unpaired) electrons. The number of halogens is 1. The van der Waals surface area contributed by atoms with E-state index in [0.29, 0.717) is 13.0 Å². The zero-order chi connectivity index (χ0) is 12.3. The first-order valence-electron chi connectivity index (χ1n) is 5.80. The third-order valence-electron chi connectivity index (χ3n) is 2.92. The molecule has 17 heavy (non-hydrogen) atoms. The molecule has 1 aromatic rings. The van der Waals surface area contributed by atoms with Gasteiger partial charge in [-0.2, -0.15) is 0 Å². The Bertz CT molecular complexity index is 342. The van der Waals surface area contributed by atoms with Crippen LogP contribution in [-0.4, -0.2) is 29.8 Å². The highest BCUT2D eigenvalue weighted by Gasteiger charge is 2.37. The van der Waals surface area contributed by atoms with E-state index in [0.717, 1.165) is 5.56 Å². The van der Waals surface area contributed by atoms with Crippen LogP contribution >= 0.6 is 0 Å². The van der Waals surface area contributed by atoms with Gasteiger partial charge >= 0.3 is 0 Å². The minimum Gasteiger partial charge on any atom is -0.368 e. The normalized spacial score (nSPS) is 30.4. The summed E-state index contributed by atoms with van der Waals surface area (Å²) in [6.45, 7) is 1.83. The smallest absolute Gasteiger partial charge is 0.181 e. The molecule has 1 saturated heterocycles. The van der Waals surface area contributed by atoms with Crippen molar-refractivity contribution in [1.82, 2.24) is 0 Å². The summed E-state index contributed by atoms with van der Waals surface area (Å²) < 4.78 is 23.6. The number of rotatable bonds is 4. The fourth-order valence-corrected chi connectivity index (χ4v) is 1.89. The van der Waals surface area contributed by atoms with Crippen LogP contribution in [0.2, 0.25) is 0 Å². The molecule has 0 bridgehead atoms. The van der Waals surface area contributed by atoms with Gasteiger partial charge in [0.2, 0.25) is 0 Å². The van der Waals surface area contributed by atoms with Crippen LogP contribution in [0.5, 0.6) is 0 Å². The molecule has 1 heterocycles. The fraction of sp³-hybridized carbons (Fsp3) is 0.538. The molecule has 1 aliphatic rings. The van der Waals surface area contributed by atoms with Crippen molar-refractivity contribution >= 4 is 0 Å². The lowest BCUT2D eigenvalue weighted by Gasteiger charge is -2.13. The fourth-order valence-electron chi connectivity index (χ4n) is 1.89. The van der Waals surface area contributed by atoms with Crippen LogP contribution < -0.4 is 0 Å². The minimum absolute atomic E-state index is 0.395. The Morgan fingerprint density at radius 1 is 1.47 bits per heavy atom. The lowest BCUT2D eigenvalue weighted by atomic mass is 10.1. The predicted molar refractivity (Wildman–Crippen MR) is 61.1 cm³/mol. The molecule has 0 saturated carbocycles. The van der Waals surface area contributed by atoms with Gasteiger partial charge in [-0.3, -0.25) is 0 Å². The van der Waals surface area contributed by atoms with E-state index in [4.69, 9.17) is 9.47 Å². The summed E-state index contributed by atoms with van der Waals surface area (Å²) in [5, 5.41) is 9.57. The van der Waals surface area contributed by atoms with E-state index in [1.54, 1.807) is 0 Å². The van der Waals surface area contributed by atoms with Gasteiger partial charge in [-0.1, -0.05) is 30.3 Å². The number of aliphatic hydroxyl groups excluding tert-OH is 1. The Labute approximate surface area is 100 Å². The average molecular weight is 240 g/mol. The molecule has 1 aliphatic heterocycles. The first kappa shape index (κ1) is 12.5. The molecular weight excluding hydrogens is 223 g/mol. The van der Waals surface area contributed by atoms with E-state index in [1.165, 1.54) is 6.92 Å². The first-order chi connectivity index (χ1) is 8.16. The number of hydrogen-bond donors (Lipinski definition) is 1.